The van der Waals surface area contributed by atoms with Crippen molar-refractivity contribution in [2.24, 2.45) is 5.92 Å². The highest BCUT2D eigenvalue weighted by Crippen LogP contribution is 2.29. The van der Waals surface area contributed by atoms with Crippen LogP contribution in [0.5, 0.6) is 0 Å². The maximum absolute atomic E-state index is 12.1. The van der Waals surface area contributed by atoms with Gasteiger partial charge in [0.15, 0.2) is 0 Å². The zero-order valence-corrected chi connectivity index (χ0v) is 17.6. The smallest absolute Gasteiger partial charge is 0.269 e. The number of pyridine rings is 1. The Labute approximate surface area is 173 Å². The summed E-state index contributed by atoms with van der Waals surface area (Å²) in [5.41, 5.74) is 4.44. The number of hydrogen-bond donors (Lipinski definition) is 1. The lowest BCUT2D eigenvalue weighted by Crippen LogP contribution is -2.46. The molecule has 3 heterocycles. The molecular formula is C23H33N5O. The summed E-state index contributed by atoms with van der Waals surface area (Å²) in [6.45, 7) is 6.83. The van der Waals surface area contributed by atoms with Crippen LogP contribution in [0, 0.1) is 5.92 Å². The minimum absolute atomic E-state index is 0.0605. The number of anilines is 1. The predicted octanol–water partition coefficient (Wildman–Crippen LogP) is 3.17. The van der Waals surface area contributed by atoms with Crippen LogP contribution in [0.2, 0.25) is 0 Å². The Morgan fingerprint density at radius 1 is 1.17 bits per heavy atom. The maximum atomic E-state index is 12.1. The molecule has 2 aromatic rings. The molecule has 2 fully saturated rings. The van der Waals surface area contributed by atoms with E-state index in [4.69, 9.17) is 4.98 Å². The number of hydrogen-bond acceptors (Lipinski definition) is 5. The van der Waals surface area contributed by atoms with Crippen LogP contribution >= 0.6 is 0 Å². The molecule has 6 nitrogen and oxygen atoms in total. The van der Waals surface area contributed by atoms with Crippen LogP contribution in [-0.2, 0) is 19.4 Å². The van der Waals surface area contributed by atoms with Gasteiger partial charge in [-0.05, 0) is 36.8 Å². The highest BCUT2D eigenvalue weighted by atomic mass is 16.1. The van der Waals surface area contributed by atoms with Gasteiger partial charge in [0, 0.05) is 50.2 Å². The fourth-order valence-corrected chi connectivity index (χ4v) is 4.90. The molecule has 0 amide bonds. The highest BCUT2D eigenvalue weighted by Gasteiger charge is 2.22. The molecule has 0 spiro atoms. The lowest BCUT2D eigenvalue weighted by Gasteiger charge is -2.36. The van der Waals surface area contributed by atoms with E-state index >= 15 is 0 Å². The Morgan fingerprint density at radius 3 is 2.72 bits per heavy atom. The van der Waals surface area contributed by atoms with E-state index in [0.717, 1.165) is 62.7 Å². The number of H-pyrrole nitrogens is 1. The minimum atomic E-state index is -0.0605. The summed E-state index contributed by atoms with van der Waals surface area (Å²) in [4.78, 5) is 21.6. The molecule has 4 rings (SSSR count). The molecule has 1 aliphatic carbocycles. The van der Waals surface area contributed by atoms with Crippen molar-refractivity contribution in [1.29, 1.82) is 0 Å². The lowest BCUT2D eigenvalue weighted by atomic mass is 9.98. The number of nitrogens with one attached hydrogen (secondary N) is 1. The topological polar surface area (TPSA) is 65.1 Å². The van der Waals surface area contributed by atoms with Gasteiger partial charge >= 0.3 is 0 Å². The predicted molar refractivity (Wildman–Crippen MR) is 116 cm³/mol. The van der Waals surface area contributed by atoms with Crippen molar-refractivity contribution < 1.29 is 0 Å². The molecule has 29 heavy (non-hydrogen) atoms. The average molecular weight is 396 g/mol. The molecule has 1 saturated heterocycles. The Morgan fingerprint density at radius 2 is 1.97 bits per heavy atom. The van der Waals surface area contributed by atoms with Crippen molar-refractivity contribution in [3.8, 4) is 0 Å². The van der Waals surface area contributed by atoms with Gasteiger partial charge in [-0.1, -0.05) is 38.7 Å². The van der Waals surface area contributed by atoms with Gasteiger partial charge in [0.2, 0.25) is 0 Å². The van der Waals surface area contributed by atoms with Gasteiger partial charge < -0.3 is 4.90 Å². The summed E-state index contributed by atoms with van der Waals surface area (Å²) < 4.78 is 0. The van der Waals surface area contributed by atoms with E-state index in [1.165, 1.54) is 43.4 Å². The maximum Gasteiger partial charge on any atom is 0.269 e. The molecule has 6 heteroatoms. The van der Waals surface area contributed by atoms with Crippen molar-refractivity contribution in [3.63, 3.8) is 0 Å². The summed E-state index contributed by atoms with van der Waals surface area (Å²) in [7, 11) is 0. The summed E-state index contributed by atoms with van der Waals surface area (Å²) in [5.74, 6) is 0.906. The Balaban J connectivity index is 1.35. The fourth-order valence-electron chi connectivity index (χ4n) is 4.90. The molecule has 1 saturated carbocycles. The Bertz CT molecular complexity index is 850. The molecule has 2 aliphatic rings. The molecule has 2 aromatic heterocycles. The lowest BCUT2D eigenvalue weighted by molar-refractivity contribution is 0.248. The summed E-state index contributed by atoms with van der Waals surface area (Å²) in [6.07, 6.45) is 12.5. The number of aromatic nitrogens is 3. The molecular weight excluding hydrogens is 362 g/mol. The summed E-state index contributed by atoms with van der Waals surface area (Å²) in [6, 6.07) is 4.32. The van der Waals surface area contributed by atoms with E-state index in [9.17, 15) is 4.79 Å². The van der Waals surface area contributed by atoms with Crippen molar-refractivity contribution >= 4 is 5.69 Å². The van der Waals surface area contributed by atoms with Crippen molar-refractivity contribution in [2.75, 3.05) is 31.1 Å². The van der Waals surface area contributed by atoms with Crippen LogP contribution in [0.15, 0.2) is 29.3 Å². The Kier molecular flexibility index (Phi) is 6.60. The third-order valence-electron chi connectivity index (χ3n) is 6.65. The van der Waals surface area contributed by atoms with Crippen LogP contribution in [0.25, 0.3) is 0 Å². The number of aromatic amines is 1. The van der Waals surface area contributed by atoms with Gasteiger partial charge in [0.1, 0.15) is 0 Å². The second-order valence-electron chi connectivity index (χ2n) is 8.48. The monoisotopic (exact) mass is 395 g/mol. The van der Waals surface area contributed by atoms with Crippen LogP contribution in [0.4, 0.5) is 5.69 Å². The highest BCUT2D eigenvalue weighted by molar-refractivity contribution is 5.51. The molecule has 0 atom stereocenters. The third kappa shape index (κ3) is 4.86. The zero-order chi connectivity index (χ0) is 20.1. The standard InChI is InChI=1S/C23H33N5O/c1-2-20-22(16-25-26-23(20)29)28-14-12-27(13-15-28)17-19-8-5-11-24-21(19)10-9-18-6-3-4-7-18/h5,8,11,16,18H,2-4,6-7,9-10,12-15,17H2,1H3,(H,26,29). The number of nitrogens with zero attached hydrogens (tertiary/aromatic N) is 4. The van der Waals surface area contributed by atoms with Gasteiger partial charge in [0.25, 0.3) is 5.56 Å². The van der Waals surface area contributed by atoms with Gasteiger partial charge in [-0.25, -0.2) is 5.10 Å². The van der Waals surface area contributed by atoms with Crippen LogP contribution in [0.3, 0.4) is 0 Å². The van der Waals surface area contributed by atoms with Crippen LogP contribution < -0.4 is 10.5 Å². The van der Waals surface area contributed by atoms with E-state index in [2.05, 4.69) is 32.1 Å². The third-order valence-corrected chi connectivity index (χ3v) is 6.65. The fraction of sp³-hybridized carbons (Fsp3) is 0.609. The largest absolute Gasteiger partial charge is 0.367 e. The van der Waals surface area contributed by atoms with Crippen LogP contribution in [-0.4, -0.2) is 46.3 Å². The first-order chi connectivity index (χ1) is 14.2. The van der Waals surface area contributed by atoms with E-state index in [1.807, 2.05) is 13.1 Å². The molecule has 0 aromatic carbocycles. The van der Waals surface area contributed by atoms with Crippen LogP contribution in [0.1, 0.15) is 55.8 Å². The molecule has 1 N–H and O–H groups in total. The first-order valence-electron chi connectivity index (χ1n) is 11.2. The molecule has 0 unspecified atom stereocenters. The second-order valence-corrected chi connectivity index (χ2v) is 8.48. The molecule has 0 bridgehead atoms. The average Bonchev–Trinajstić information content (AvgIpc) is 3.27. The van der Waals surface area contributed by atoms with E-state index < -0.39 is 0 Å². The molecule has 1 aliphatic heterocycles. The van der Waals surface area contributed by atoms with E-state index in [-0.39, 0.29) is 5.56 Å². The van der Waals surface area contributed by atoms with Gasteiger partial charge in [-0.2, -0.15) is 5.10 Å². The molecule has 0 radical (unpaired) electrons. The molecule has 156 valence electrons. The first-order valence-corrected chi connectivity index (χ1v) is 11.2. The Hall–Kier alpha value is -2.21. The summed E-state index contributed by atoms with van der Waals surface area (Å²) >= 11 is 0. The summed E-state index contributed by atoms with van der Waals surface area (Å²) in [5, 5.41) is 6.58. The minimum Gasteiger partial charge on any atom is -0.367 e. The van der Waals surface area contributed by atoms with Gasteiger partial charge in [0.05, 0.1) is 11.9 Å². The number of rotatable bonds is 7. The normalized spacial score (nSPS) is 18.4. The number of piperazine rings is 1. The SMILES string of the molecule is CCc1c(N2CCN(Cc3cccnc3CCC3CCCC3)CC2)cn[nH]c1=O. The first kappa shape index (κ1) is 20.1. The van der Waals surface area contributed by atoms with Gasteiger partial charge in [-0.15, -0.1) is 0 Å². The zero-order valence-electron chi connectivity index (χ0n) is 17.6. The van der Waals surface area contributed by atoms with Gasteiger partial charge in [-0.3, -0.25) is 14.7 Å². The second kappa shape index (κ2) is 9.53. The van der Waals surface area contributed by atoms with Crippen molar-refractivity contribution in [2.45, 2.75) is 58.4 Å². The van der Waals surface area contributed by atoms with E-state index in [1.54, 1.807) is 6.20 Å². The van der Waals surface area contributed by atoms with E-state index in [0.29, 0.717) is 0 Å². The van der Waals surface area contributed by atoms with Crippen molar-refractivity contribution in [3.05, 3.63) is 51.7 Å². The number of aryl methyl sites for hydroxylation is 1. The quantitative estimate of drug-likeness (QED) is 0.780. The van der Waals surface area contributed by atoms with Crippen molar-refractivity contribution in [1.82, 2.24) is 20.1 Å².